The molecule has 2 aromatic heterocycles. The molecule has 118 valence electrons. The van der Waals surface area contributed by atoms with Crippen LogP contribution in [-0.4, -0.2) is 17.9 Å². The summed E-state index contributed by atoms with van der Waals surface area (Å²) in [6.45, 7) is 0. The third-order valence-electron chi connectivity index (χ3n) is 3.42. The molecule has 2 heterocycles. The largest absolute Gasteiger partial charge is 0.416 e. The van der Waals surface area contributed by atoms with E-state index in [2.05, 4.69) is 10.3 Å². The zero-order chi connectivity index (χ0) is 16.6. The molecule has 3 nitrogen and oxygen atoms in total. The van der Waals surface area contributed by atoms with E-state index in [4.69, 9.17) is 0 Å². The number of nitrogens with one attached hydrogen (secondary N) is 1. The van der Waals surface area contributed by atoms with Gasteiger partial charge in [-0.15, -0.1) is 11.3 Å². The summed E-state index contributed by atoms with van der Waals surface area (Å²) in [4.78, 5) is 16.4. The van der Waals surface area contributed by atoms with Crippen LogP contribution in [0.3, 0.4) is 0 Å². The molecule has 3 rings (SSSR count). The third-order valence-corrected chi connectivity index (χ3v) is 4.49. The van der Waals surface area contributed by atoms with E-state index in [1.54, 1.807) is 25.5 Å². The number of aromatic nitrogens is 1. The number of alkyl halides is 3. The Morgan fingerprint density at radius 2 is 1.87 bits per heavy atom. The van der Waals surface area contributed by atoms with Crippen molar-refractivity contribution in [1.82, 2.24) is 10.3 Å². The maximum absolute atomic E-state index is 12.7. The number of thiophene rings is 1. The van der Waals surface area contributed by atoms with Crippen molar-refractivity contribution >= 4 is 27.3 Å². The van der Waals surface area contributed by atoms with Gasteiger partial charge in [-0.25, -0.2) is 0 Å². The van der Waals surface area contributed by atoms with Crippen LogP contribution in [-0.2, 0) is 6.18 Å². The average molecular weight is 336 g/mol. The molecule has 23 heavy (non-hydrogen) atoms. The second-order valence-corrected chi connectivity index (χ2v) is 5.95. The maximum atomic E-state index is 12.7. The molecule has 0 aliphatic heterocycles. The minimum Gasteiger partial charge on any atom is -0.354 e. The van der Waals surface area contributed by atoms with Crippen molar-refractivity contribution in [3.05, 3.63) is 53.2 Å². The SMILES string of the molecule is CNC(=O)c1cc2c(-c3ccc(C(F)(F)F)cc3)cncc2s1. The second kappa shape index (κ2) is 5.66. The highest BCUT2D eigenvalue weighted by molar-refractivity contribution is 7.20. The summed E-state index contributed by atoms with van der Waals surface area (Å²) in [6, 6.07) is 6.64. The van der Waals surface area contributed by atoms with E-state index in [-0.39, 0.29) is 5.91 Å². The van der Waals surface area contributed by atoms with Crippen molar-refractivity contribution in [2.75, 3.05) is 7.05 Å². The Balaban J connectivity index is 2.09. The fraction of sp³-hybridized carbons (Fsp3) is 0.125. The number of hydrogen-bond donors (Lipinski definition) is 1. The normalized spacial score (nSPS) is 11.7. The van der Waals surface area contributed by atoms with Crippen molar-refractivity contribution in [3.63, 3.8) is 0 Å². The Hall–Kier alpha value is -2.41. The highest BCUT2D eigenvalue weighted by atomic mass is 32.1. The summed E-state index contributed by atoms with van der Waals surface area (Å²) in [5.41, 5.74) is 0.623. The number of fused-ring (bicyclic) bond motifs is 1. The molecule has 0 atom stereocenters. The van der Waals surface area contributed by atoms with E-state index >= 15 is 0 Å². The van der Waals surface area contributed by atoms with Crippen LogP contribution in [0.25, 0.3) is 21.2 Å². The summed E-state index contributed by atoms with van der Waals surface area (Å²) >= 11 is 1.29. The molecule has 1 aromatic carbocycles. The first-order chi connectivity index (χ1) is 10.9. The molecular weight excluding hydrogens is 325 g/mol. The van der Waals surface area contributed by atoms with Crippen LogP contribution in [0, 0.1) is 0 Å². The first kappa shape index (κ1) is 15.5. The van der Waals surface area contributed by atoms with Gasteiger partial charge in [0.1, 0.15) is 0 Å². The first-order valence-electron chi connectivity index (χ1n) is 6.67. The average Bonchev–Trinajstić information content (AvgIpc) is 2.97. The predicted octanol–water partition coefficient (Wildman–Crippen LogP) is 4.34. The molecule has 3 aromatic rings. The lowest BCUT2D eigenvalue weighted by Gasteiger charge is -2.08. The van der Waals surface area contributed by atoms with E-state index in [0.29, 0.717) is 16.0 Å². The lowest BCUT2D eigenvalue weighted by atomic mass is 10.0. The quantitative estimate of drug-likeness (QED) is 0.756. The second-order valence-electron chi connectivity index (χ2n) is 4.86. The highest BCUT2D eigenvalue weighted by Gasteiger charge is 2.30. The Bertz CT molecular complexity index is 869. The van der Waals surface area contributed by atoms with Crippen molar-refractivity contribution in [1.29, 1.82) is 0 Å². The summed E-state index contributed by atoms with van der Waals surface area (Å²) in [6.07, 6.45) is -1.14. The third kappa shape index (κ3) is 2.92. The zero-order valence-corrected chi connectivity index (χ0v) is 12.8. The molecule has 1 amide bonds. The molecule has 0 unspecified atom stereocenters. The molecule has 1 N–H and O–H groups in total. The summed E-state index contributed by atoms with van der Waals surface area (Å²) in [5.74, 6) is -0.204. The van der Waals surface area contributed by atoms with Gasteiger partial charge in [-0.3, -0.25) is 9.78 Å². The Morgan fingerprint density at radius 3 is 2.48 bits per heavy atom. The van der Waals surface area contributed by atoms with E-state index in [0.717, 1.165) is 22.2 Å². The molecule has 0 bridgehead atoms. The van der Waals surface area contributed by atoms with Gasteiger partial charge in [0, 0.05) is 30.4 Å². The highest BCUT2D eigenvalue weighted by Crippen LogP contribution is 2.35. The minimum atomic E-state index is -4.36. The molecule has 0 aliphatic carbocycles. The number of rotatable bonds is 2. The number of carbonyl (C=O) groups excluding carboxylic acids is 1. The smallest absolute Gasteiger partial charge is 0.354 e. The van der Waals surface area contributed by atoms with E-state index in [1.807, 2.05) is 0 Å². The van der Waals surface area contributed by atoms with Gasteiger partial charge in [0.25, 0.3) is 5.91 Å². The van der Waals surface area contributed by atoms with Crippen LogP contribution in [0.15, 0.2) is 42.7 Å². The first-order valence-corrected chi connectivity index (χ1v) is 7.49. The number of amides is 1. The topological polar surface area (TPSA) is 42.0 Å². The molecule has 0 aliphatic rings. The van der Waals surface area contributed by atoms with Crippen molar-refractivity contribution in [2.24, 2.45) is 0 Å². The van der Waals surface area contributed by atoms with Crippen molar-refractivity contribution < 1.29 is 18.0 Å². The molecule has 0 radical (unpaired) electrons. The van der Waals surface area contributed by atoms with Crippen LogP contribution >= 0.6 is 11.3 Å². The Morgan fingerprint density at radius 1 is 1.17 bits per heavy atom. The molecule has 0 saturated carbocycles. The standard InChI is InChI=1S/C16H11F3N2OS/c1-20-15(22)13-6-11-12(7-21-8-14(11)23-13)9-2-4-10(5-3-9)16(17,18)19/h2-8H,1H3,(H,20,22). The van der Waals surface area contributed by atoms with Crippen LogP contribution in [0.1, 0.15) is 15.2 Å². The summed E-state index contributed by atoms with van der Waals surface area (Å²) in [5, 5.41) is 3.35. The molecular formula is C16H11F3N2OS. The van der Waals surface area contributed by atoms with Gasteiger partial charge < -0.3 is 5.32 Å². The van der Waals surface area contributed by atoms with Crippen molar-refractivity contribution in [2.45, 2.75) is 6.18 Å². The van der Waals surface area contributed by atoms with Crippen LogP contribution in [0.4, 0.5) is 13.2 Å². The number of halogens is 3. The zero-order valence-electron chi connectivity index (χ0n) is 11.9. The number of hydrogen-bond acceptors (Lipinski definition) is 3. The van der Waals surface area contributed by atoms with Crippen LogP contribution in [0.5, 0.6) is 0 Å². The van der Waals surface area contributed by atoms with Gasteiger partial charge >= 0.3 is 6.18 Å². The predicted molar refractivity (Wildman–Crippen MR) is 83.4 cm³/mol. The van der Waals surface area contributed by atoms with Crippen LogP contribution < -0.4 is 5.32 Å². The lowest BCUT2D eigenvalue weighted by molar-refractivity contribution is -0.137. The van der Waals surface area contributed by atoms with Gasteiger partial charge in [-0.1, -0.05) is 12.1 Å². The van der Waals surface area contributed by atoms with Gasteiger partial charge in [0.15, 0.2) is 0 Å². The maximum Gasteiger partial charge on any atom is 0.416 e. The number of pyridine rings is 1. The fourth-order valence-corrected chi connectivity index (χ4v) is 3.27. The number of benzene rings is 1. The van der Waals surface area contributed by atoms with Crippen LogP contribution in [0.2, 0.25) is 0 Å². The van der Waals surface area contributed by atoms with E-state index in [1.165, 1.54) is 23.5 Å². The lowest BCUT2D eigenvalue weighted by Crippen LogP contribution is -2.15. The Kier molecular flexibility index (Phi) is 3.81. The van der Waals surface area contributed by atoms with Gasteiger partial charge in [0.2, 0.25) is 0 Å². The minimum absolute atomic E-state index is 0.204. The number of carbonyl (C=O) groups is 1. The monoisotopic (exact) mass is 336 g/mol. The fourth-order valence-electron chi connectivity index (χ4n) is 2.26. The van der Waals surface area contributed by atoms with Gasteiger partial charge in [-0.2, -0.15) is 13.2 Å². The molecule has 7 heteroatoms. The summed E-state index contributed by atoms with van der Waals surface area (Å²) in [7, 11) is 1.54. The van der Waals surface area contributed by atoms with E-state index < -0.39 is 11.7 Å². The Labute approximate surface area is 133 Å². The number of nitrogens with zero attached hydrogens (tertiary/aromatic N) is 1. The van der Waals surface area contributed by atoms with Crippen molar-refractivity contribution in [3.8, 4) is 11.1 Å². The van der Waals surface area contributed by atoms with E-state index in [9.17, 15) is 18.0 Å². The van der Waals surface area contributed by atoms with Gasteiger partial charge in [0.05, 0.1) is 15.1 Å². The molecule has 0 saturated heterocycles. The summed E-state index contributed by atoms with van der Waals surface area (Å²) < 4.78 is 38.8. The molecule has 0 spiro atoms. The van der Waals surface area contributed by atoms with Gasteiger partial charge in [-0.05, 0) is 23.8 Å². The molecule has 0 fully saturated rings.